The quantitative estimate of drug-likeness (QED) is 0.894. The van der Waals surface area contributed by atoms with Crippen LogP contribution in [0.5, 0.6) is 0 Å². The van der Waals surface area contributed by atoms with E-state index in [0.717, 1.165) is 0 Å². The summed E-state index contributed by atoms with van der Waals surface area (Å²) in [5.41, 5.74) is 0.771. The van der Waals surface area contributed by atoms with Gasteiger partial charge in [0, 0.05) is 18.4 Å². The van der Waals surface area contributed by atoms with Gasteiger partial charge in [-0.05, 0) is 44.2 Å². The van der Waals surface area contributed by atoms with Crippen molar-refractivity contribution in [3.8, 4) is 0 Å². The van der Waals surface area contributed by atoms with Crippen LogP contribution in [0, 0.1) is 5.82 Å². The Kier molecular flexibility index (Phi) is 3.24. The third kappa shape index (κ3) is 2.59. The first kappa shape index (κ1) is 14.3. The fourth-order valence-corrected chi connectivity index (χ4v) is 2.60. The van der Waals surface area contributed by atoms with E-state index in [0.29, 0.717) is 23.5 Å². The van der Waals surface area contributed by atoms with Crippen molar-refractivity contribution in [2.45, 2.75) is 25.9 Å². The lowest BCUT2D eigenvalue weighted by Gasteiger charge is -2.32. The minimum Gasteiger partial charge on any atom is -0.344 e. The second-order valence-electron chi connectivity index (χ2n) is 6.00. The molecule has 22 heavy (non-hydrogen) atoms. The van der Waals surface area contributed by atoms with E-state index < -0.39 is 5.91 Å². The molecular weight excluding hydrogens is 285 g/mol. The number of rotatable bonds is 2. The van der Waals surface area contributed by atoms with Crippen LogP contribution in [-0.4, -0.2) is 21.9 Å². The first-order chi connectivity index (χ1) is 10.4. The van der Waals surface area contributed by atoms with Gasteiger partial charge in [-0.25, -0.2) is 4.39 Å². The summed E-state index contributed by atoms with van der Waals surface area (Å²) < 4.78 is 14.7. The Morgan fingerprint density at radius 3 is 2.64 bits per heavy atom. The van der Waals surface area contributed by atoms with E-state index in [1.54, 1.807) is 16.8 Å². The minimum atomic E-state index is -0.393. The summed E-state index contributed by atoms with van der Waals surface area (Å²) in [6.07, 6.45) is 1.73. The number of hydrogen-bond donors (Lipinski definition) is 2. The van der Waals surface area contributed by atoms with Crippen LogP contribution in [0.4, 0.5) is 10.1 Å². The van der Waals surface area contributed by atoms with Crippen LogP contribution in [0.15, 0.2) is 36.5 Å². The number of benzene rings is 1. The smallest absolute Gasteiger partial charge is 0.269 e. The number of nitrogens with zero attached hydrogens (tertiary/aromatic N) is 1. The number of anilines is 1. The Bertz CT molecular complexity index is 747. The largest absolute Gasteiger partial charge is 0.344 e. The standard InChI is InChI=1S/C16H16FN3O2/c1-16(2)9-20-8-7-12(13(20)15(22)19-16)14(21)18-11-5-3-10(17)4-6-11/h3-8H,9H2,1-2H3,(H,18,21)(H,19,22). The highest BCUT2D eigenvalue weighted by Crippen LogP contribution is 2.22. The Morgan fingerprint density at radius 1 is 1.27 bits per heavy atom. The van der Waals surface area contributed by atoms with Gasteiger partial charge in [0.05, 0.1) is 11.1 Å². The van der Waals surface area contributed by atoms with Crippen LogP contribution in [0.3, 0.4) is 0 Å². The molecule has 1 aromatic heterocycles. The lowest BCUT2D eigenvalue weighted by atomic mass is 10.0. The first-order valence-electron chi connectivity index (χ1n) is 6.94. The molecule has 1 aliphatic heterocycles. The molecule has 0 unspecified atom stereocenters. The molecule has 0 spiro atoms. The van der Waals surface area contributed by atoms with Crippen LogP contribution in [0.1, 0.15) is 34.7 Å². The van der Waals surface area contributed by atoms with E-state index in [4.69, 9.17) is 0 Å². The molecule has 0 atom stereocenters. The molecule has 2 amide bonds. The van der Waals surface area contributed by atoms with E-state index in [-0.39, 0.29) is 17.3 Å². The normalized spacial score (nSPS) is 15.9. The third-order valence-electron chi connectivity index (χ3n) is 3.54. The SMILES string of the molecule is CC1(C)Cn2ccc(C(=O)Nc3ccc(F)cc3)c2C(=O)N1. The Hall–Kier alpha value is -2.63. The Balaban J connectivity index is 1.87. The van der Waals surface area contributed by atoms with Gasteiger partial charge in [0.1, 0.15) is 11.5 Å². The molecule has 0 bridgehead atoms. The molecule has 5 nitrogen and oxygen atoms in total. The number of aromatic nitrogens is 1. The van der Waals surface area contributed by atoms with Crippen LogP contribution < -0.4 is 10.6 Å². The second-order valence-corrected chi connectivity index (χ2v) is 6.00. The lowest BCUT2D eigenvalue weighted by molar-refractivity contribution is 0.0853. The number of fused-ring (bicyclic) bond motifs is 1. The highest BCUT2D eigenvalue weighted by Gasteiger charge is 2.33. The molecule has 114 valence electrons. The zero-order chi connectivity index (χ0) is 15.9. The monoisotopic (exact) mass is 301 g/mol. The Morgan fingerprint density at radius 2 is 1.95 bits per heavy atom. The molecule has 0 radical (unpaired) electrons. The number of carbonyl (C=O) groups is 2. The van der Waals surface area contributed by atoms with Gasteiger partial charge in [-0.15, -0.1) is 0 Å². The van der Waals surface area contributed by atoms with Crippen LogP contribution in [0.2, 0.25) is 0 Å². The van der Waals surface area contributed by atoms with Gasteiger partial charge in [0.25, 0.3) is 11.8 Å². The summed E-state index contributed by atoms with van der Waals surface area (Å²) in [5.74, 6) is -1.04. The predicted octanol–water partition coefficient (Wildman–Crippen LogP) is 2.40. The molecule has 6 heteroatoms. The third-order valence-corrected chi connectivity index (χ3v) is 3.54. The molecule has 1 aromatic carbocycles. The van der Waals surface area contributed by atoms with Crippen LogP contribution >= 0.6 is 0 Å². The number of hydrogen-bond acceptors (Lipinski definition) is 2. The molecule has 3 rings (SSSR count). The van der Waals surface area contributed by atoms with Crippen molar-refractivity contribution in [3.05, 3.63) is 53.6 Å². The fourth-order valence-electron chi connectivity index (χ4n) is 2.60. The van der Waals surface area contributed by atoms with E-state index in [1.807, 2.05) is 13.8 Å². The maximum Gasteiger partial charge on any atom is 0.269 e. The second kappa shape index (κ2) is 4.98. The number of carbonyl (C=O) groups excluding carboxylic acids is 2. The number of amides is 2. The van der Waals surface area contributed by atoms with Crippen molar-refractivity contribution in [3.63, 3.8) is 0 Å². The number of halogens is 1. The first-order valence-corrected chi connectivity index (χ1v) is 6.94. The molecule has 0 saturated heterocycles. The van der Waals surface area contributed by atoms with Crippen molar-refractivity contribution in [1.82, 2.24) is 9.88 Å². The van der Waals surface area contributed by atoms with Gasteiger partial charge in [-0.1, -0.05) is 0 Å². The van der Waals surface area contributed by atoms with E-state index in [1.165, 1.54) is 24.3 Å². The maximum absolute atomic E-state index is 12.9. The molecule has 0 fully saturated rings. The zero-order valence-corrected chi connectivity index (χ0v) is 12.3. The average molecular weight is 301 g/mol. The summed E-state index contributed by atoms with van der Waals surface area (Å²) in [4.78, 5) is 24.6. The van der Waals surface area contributed by atoms with Gasteiger partial charge in [-0.2, -0.15) is 0 Å². The van der Waals surface area contributed by atoms with Gasteiger partial charge in [0.2, 0.25) is 0 Å². The fraction of sp³-hybridized carbons (Fsp3) is 0.250. The van der Waals surface area contributed by atoms with Crippen molar-refractivity contribution < 1.29 is 14.0 Å². The van der Waals surface area contributed by atoms with Gasteiger partial charge in [0.15, 0.2) is 0 Å². The topological polar surface area (TPSA) is 63.1 Å². The Labute approximate surface area is 127 Å². The molecule has 1 aliphatic rings. The minimum absolute atomic E-state index is 0.273. The lowest BCUT2D eigenvalue weighted by Crippen LogP contribution is -2.51. The van der Waals surface area contributed by atoms with Crippen molar-refractivity contribution in [2.75, 3.05) is 5.32 Å². The van der Waals surface area contributed by atoms with Crippen LogP contribution in [-0.2, 0) is 6.54 Å². The van der Waals surface area contributed by atoms with Crippen molar-refractivity contribution >= 4 is 17.5 Å². The molecule has 0 saturated carbocycles. The predicted molar refractivity (Wildman–Crippen MR) is 80.3 cm³/mol. The molecule has 2 heterocycles. The van der Waals surface area contributed by atoms with E-state index in [9.17, 15) is 14.0 Å². The van der Waals surface area contributed by atoms with Gasteiger partial charge < -0.3 is 15.2 Å². The van der Waals surface area contributed by atoms with E-state index in [2.05, 4.69) is 10.6 Å². The highest BCUT2D eigenvalue weighted by molar-refractivity contribution is 6.12. The average Bonchev–Trinajstić information content (AvgIpc) is 2.84. The zero-order valence-electron chi connectivity index (χ0n) is 12.3. The summed E-state index contributed by atoms with van der Waals surface area (Å²) in [6.45, 7) is 4.44. The molecular formula is C16H16FN3O2. The van der Waals surface area contributed by atoms with Crippen molar-refractivity contribution in [2.24, 2.45) is 0 Å². The molecule has 2 aromatic rings. The van der Waals surface area contributed by atoms with Crippen LogP contribution in [0.25, 0.3) is 0 Å². The summed E-state index contributed by atoms with van der Waals surface area (Å²) in [5, 5.41) is 5.54. The summed E-state index contributed by atoms with van der Waals surface area (Å²) >= 11 is 0. The summed E-state index contributed by atoms with van der Waals surface area (Å²) in [6, 6.07) is 7.09. The van der Waals surface area contributed by atoms with Gasteiger partial charge in [-0.3, -0.25) is 9.59 Å². The highest BCUT2D eigenvalue weighted by atomic mass is 19.1. The van der Waals surface area contributed by atoms with E-state index >= 15 is 0 Å². The maximum atomic E-state index is 12.9. The number of nitrogens with one attached hydrogen (secondary N) is 2. The van der Waals surface area contributed by atoms with Crippen molar-refractivity contribution in [1.29, 1.82) is 0 Å². The van der Waals surface area contributed by atoms with Gasteiger partial charge >= 0.3 is 0 Å². The molecule has 2 N–H and O–H groups in total. The molecule has 0 aliphatic carbocycles. The summed E-state index contributed by atoms with van der Waals surface area (Å²) in [7, 11) is 0.